The molecule has 1 amide bonds. The lowest BCUT2D eigenvalue weighted by Gasteiger charge is -2.07. The zero-order chi connectivity index (χ0) is 17.9. The van der Waals surface area contributed by atoms with Crippen molar-refractivity contribution in [2.24, 2.45) is 5.10 Å². The van der Waals surface area contributed by atoms with Crippen LogP contribution in [0.2, 0.25) is 0 Å². The molecule has 0 unspecified atom stereocenters. The molecule has 0 aromatic heterocycles. The Kier molecular flexibility index (Phi) is 5.08. The summed E-state index contributed by atoms with van der Waals surface area (Å²) in [5.41, 5.74) is 6.90. The third kappa shape index (κ3) is 3.84. The maximum atomic E-state index is 12.2. The summed E-state index contributed by atoms with van der Waals surface area (Å²) in [5, 5.41) is 15.1. The van der Waals surface area contributed by atoms with Gasteiger partial charge in [-0.15, -0.1) is 0 Å². The third-order valence-corrected chi connectivity index (χ3v) is 3.76. The number of nitro benzene ring substituents is 1. The number of hydrogen-bond donors (Lipinski definition) is 1. The summed E-state index contributed by atoms with van der Waals surface area (Å²) < 4.78 is 0. The van der Waals surface area contributed by atoms with E-state index in [0.29, 0.717) is 11.3 Å². The molecule has 2 aromatic carbocycles. The zero-order valence-electron chi connectivity index (χ0n) is 14.1. The van der Waals surface area contributed by atoms with Crippen LogP contribution in [0.25, 0.3) is 0 Å². The van der Waals surface area contributed by atoms with Crippen molar-refractivity contribution < 1.29 is 9.72 Å². The van der Waals surface area contributed by atoms with Crippen LogP contribution in [0.1, 0.15) is 39.5 Å². The minimum Gasteiger partial charge on any atom is -0.267 e. The van der Waals surface area contributed by atoms with Crippen molar-refractivity contribution in [3.05, 3.63) is 74.3 Å². The molecule has 0 saturated carbocycles. The first-order valence-corrected chi connectivity index (χ1v) is 7.47. The summed E-state index contributed by atoms with van der Waals surface area (Å²) in [6, 6.07) is 10.3. The van der Waals surface area contributed by atoms with E-state index in [4.69, 9.17) is 0 Å². The van der Waals surface area contributed by atoms with Crippen molar-refractivity contribution in [3.8, 4) is 0 Å². The SMILES string of the molecule is CC(=NNC(=O)c1ccc(C)c([N+](=O)[O-])c1)c1ccc(C)cc1C. The lowest BCUT2D eigenvalue weighted by molar-refractivity contribution is -0.385. The van der Waals surface area contributed by atoms with Crippen LogP contribution in [0.15, 0.2) is 41.5 Å². The molecule has 24 heavy (non-hydrogen) atoms. The van der Waals surface area contributed by atoms with Gasteiger partial charge in [0.2, 0.25) is 0 Å². The van der Waals surface area contributed by atoms with Gasteiger partial charge in [0.05, 0.1) is 10.6 Å². The first-order chi connectivity index (χ1) is 11.3. The quantitative estimate of drug-likeness (QED) is 0.529. The molecule has 6 heteroatoms. The average molecular weight is 325 g/mol. The molecular weight excluding hydrogens is 306 g/mol. The number of benzene rings is 2. The maximum Gasteiger partial charge on any atom is 0.273 e. The van der Waals surface area contributed by atoms with Crippen LogP contribution in [-0.2, 0) is 0 Å². The van der Waals surface area contributed by atoms with Crippen LogP contribution >= 0.6 is 0 Å². The zero-order valence-corrected chi connectivity index (χ0v) is 14.1. The highest BCUT2D eigenvalue weighted by Crippen LogP contribution is 2.19. The van der Waals surface area contributed by atoms with Crippen molar-refractivity contribution in [2.45, 2.75) is 27.7 Å². The third-order valence-electron chi connectivity index (χ3n) is 3.76. The van der Waals surface area contributed by atoms with Gasteiger partial charge in [0.15, 0.2) is 0 Å². The van der Waals surface area contributed by atoms with Crippen molar-refractivity contribution in [1.82, 2.24) is 5.43 Å². The van der Waals surface area contributed by atoms with Gasteiger partial charge in [-0.3, -0.25) is 14.9 Å². The predicted octanol–water partition coefficient (Wildman–Crippen LogP) is 3.67. The molecule has 0 spiro atoms. The largest absolute Gasteiger partial charge is 0.273 e. The smallest absolute Gasteiger partial charge is 0.267 e. The fraction of sp³-hybridized carbons (Fsp3) is 0.222. The summed E-state index contributed by atoms with van der Waals surface area (Å²) in [4.78, 5) is 22.6. The minimum atomic E-state index is -0.504. The molecule has 0 atom stereocenters. The van der Waals surface area contributed by atoms with Gasteiger partial charge in [0.1, 0.15) is 0 Å². The molecule has 0 aliphatic carbocycles. The number of carbonyl (C=O) groups is 1. The van der Waals surface area contributed by atoms with E-state index in [1.807, 2.05) is 32.0 Å². The summed E-state index contributed by atoms with van der Waals surface area (Å²) in [7, 11) is 0. The highest BCUT2D eigenvalue weighted by atomic mass is 16.6. The lowest BCUT2D eigenvalue weighted by Crippen LogP contribution is -2.19. The standard InChI is InChI=1S/C18H19N3O3/c1-11-5-8-16(13(3)9-11)14(4)19-20-18(22)15-7-6-12(2)17(10-15)21(23)24/h5-10H,1-4H3,(H,20,22). The molecular formula is C18H19N3O3. The number of amides is 1. The second-order valence-electron chi connectivity index (χ2n) is 5.71. The molecule has 2 aromatic rings. The van der Waals surface area contributed by atoms with E-state index in [1.54, 1.807) is 26.0 Å². The molecule has 0 fully saturated rings. The van der Waals surface area contributed by atoms with Crippen LogP contribution < -0.4 is 5.43 Å². The fourth-order valence-corrected chi connectivity index (χ4v) is 2.43. The first kappa shape index (κ1) is 17.3. The van der Waals surface area contributed by atoms with E-state index < -0.39 is 10.8 Å². The molecule has 0 heterocycles. The lowest BCUT2D eigenvalue weighted by atomic mass is 10.0. The summed E-state index contributed by atoms with van der Waals surface area (Å²) in [5.74, 6) is -0.484. The number of hydrogen-bond acceptors (Lipinski definition) is 4. The Morgan fingerprint density at radius 2 is 1.79 bits per heavy atom. The van der Waals surface area contributed by atoms with Crippen molar-refractivity contribution >= 4 is 17.3 Å². The molecule has 0 aliphatic heterocycles. The molecule has 2 rings (SSSR count). The van der Waals surface area contributed by atoms with Crippen molar-refractivity contribution in [1.29, 1.82) is 0 Å². The van der Waals surface area contributed by atoms with Gasteiger partial charge in [-0.25, -0.2) is 5.43 Å². The second kappa shape index (κ2) is 7.04. The van der Waals surface area contributed by atoms with Crippen molar-refractivity contribution in [2.75, 3.05) is 0 Å². The van der Waals surface area contributed by atoms with Crippen LogP contribution in [0.4, 0.5) is 5.69 Å². The predicted molar refractivity (Wildman–Crippen MR) is 93.4 cm³/mol. The normalized spacial score (nSPS) is 11.2. The Hall–Kier alpha value is -3.02. The molecule has 0 saturated heterocycles. The van der Waals surface area contributed by atoms with Crippen LogP contribution in [-0.4, -0.2) is 16.5 Å². The molecule has 0 aliphatic rings. The highest BCUT2D eigenvalue weighted by Gasteiger charge is 2.14. The number of nitrogens with one attached hydrogen (secondary N) is 1. The number of aryl methyl sites for hydroxylation is 3. The maximum absolute atomic E-state index is 12.2. The number of hydrazone groups is 1. The van der Waals surface area contributed by atoms with E-state index in [9.17, 15) is 14.9 Å². The molecule has 124 valence electrons. The topological polar surface area (TPSA) is 84.6 Å². The van der Waals surface area contributed by atoms with Gasteiger partial charge < -0.3 is 0 Å². The van der Waals surface area contributed by atoms with Crippen LogP contribution in [0.5, 0.6) is 0 Å². The Morgan fingerprint density at radius 3 is 2.42 bits per heavy atom. The van der Waals surface area contributed by atoms with Gasteiger partial charge in [0, 0.05) is 22.8 Å². The Labute approximate surface area is 140 Å². The van der Waals surface area contributed by atoms with Crippen LogP contribution in [0, 0.1) is 30.9 Å². The van der Waals surface area contributed by atoms with Crippen LogP contribution in [0.3, 0.4) is 0 Å². The monoisotopic (exact) mass is 325 g/mol. The minimum absolute atomic E-state index is 0.0854. The first-order valence-electron chi connectivity index (χ1n) is 7.47. The Balaban J connectivity index is 2.20. The van der Waals surface area contributed by atoms with Gasteiger partial charge >= 0.3 is 0 Å². The number of rotatable bonds is 4. The second-order valence-corrected chi connectivity index (χ2v) is 5.71. The van der Waals surface area contributed by atoms with Gasteiger partial charge in [-0.1, -0.05) is 29.8 Å². The van der Waals surface area contributed by atoms with Crippen molar-refractivity contribution in [3.63, 3.8) is 0 Å². The van der Waals surface area contributed by atoms with E-state index in [2.05, 4.69) is 10.5 Å². The molecule has 6 nitrogen and oxygen atoms in total. The molecule has 0 bridgehead atoms. The summed E-state index contributed by atoms with van der Waals surface area (Å²) in [6.07, 6.45) is 0. The Bertz CT molecular complexity index is 841. The highest BCUT2D eigenvalue weighted by molar-refractivity contribution is 6.02. The molecule has 0 radical (unpaired) electrons. The van der Waals surface area contributed by atoms with Gasteiger partial charge in [-0.2, -0.15) is 5.10 Å². The number of nitrogens with zero attached hydrogens (tertiary/aromatic N) is 2. The van der Waals surface area contributed by atoms with E-state index in [-0.39, 0.29) is 11.3 Å². The van der Waals surface area contributed by atoms with E-state index in [0.717, 1.165) is 16.7 Å². The Morgan fingerprint density at radius 1 is 1.08 bits per heavy atom. The van der Waals surface area contributed by atoms with E-state index >= 15 is 0 Å². The van der Waals surface area contributed by atoms with Gasteiger partial charge in [-0.05, 0) is 39.3 Å². The fourth-order valence-electron chi connectivity index (χ4n) is 2.43. The van der Waals surface area contributed by atoms with Gasteiger partial charge in [0.25, 0.3) is 11.6 Å². The summed E-state index contributed by atoms with van der Waals surface area (Å²) >= 11 is 0. The summed E-state index contributed by atoms with van der Waals surface area (Å²) in [6.45, 7) is 7.42. The number of carbonyl (C=O) groups excluding carboxylic acids is 1. The number of nitro groups is 1. The molecule has 1 N–H and O–H groups in total. The average Bonchev–Trinajstić information content (AvgIpc) is 2.52. The van der Waals surface area contributed by atoms with E-state index in [1.165, 1.54) is 6.07 Å².